The molecule has 1 saturated heterocycles. The molecule has 0 bridgehead atoms. The molecular formula is C19H20N4O4. The number of carbonyl (C=O) groups excluding carboxylic acids is 3. The number of urea groups is 1. The average Bonchev–Trinajstić information content (AvgIpc) is 3.29. The van der Waals surface area contributed by atoms with Crippen LogP contribution < -0.4 is 5.32 Å². The van der Waals surface area contributed by atoms with Gasteiger partial charge in [-0.3, -0.25) is 14.4 Å². The Bertz CT molecular complexity index is 860. The molecular weight excluding hydrogens is 348 g/mol. The topological polar surface area (TPSA) is 93.5 Å². The maximum Gasteiger partial charge on any atom is 0.331 e. The molecule has 8 heteroatoms. The fraction of sp³-hybridized carbons (Fsp3) is 0.263. The lowest BCUT2D eigenvalue weighted by molar-refractivity contribution is -0.153. The van der Waals surface area contributed by atoms with E-state index >= 15 is 0 Å². The summed E-state index contributed by atoms with van der Waals surface area (Å²) in [7, 11) is 0. The molecule has 1 aromatic heterocycles. The van der Waals surface area contributed by atoms with E-state index in [9.17, 15) is 14.4 Å². The van der Waals surface area contributed by atoms with Crippen molar-refractivity contribution in [3.8, 4) is 0 Å². The van der Waals surface area contributed by atoms with Crippen LogP contribution >= 0.6 is 0 Å². The van der Waals surface area contributed by atoms with Crippen molar-refractivity contribution in [2.24, 2.45) is 0 Å². The second-order valence-electron chi connectivity index (χ2n) is 6.09. The Balaban J connectivity index is 1.52. The van der Waals surface area contributed by atoms with E-state index in [-0.39, 0.29) is 6.54 Å². The van der Waals surface area contributed by atoms with E-state index in [1.54, 1.807) is 23.2 Å². The minimum atomic E-state index is -1.04. The summed E-state index contributed by atoms with van der Waals surface area (Å²) in [5.41, 5.74) is 1.86. The van der Waals surface area contributed by atoms with Crippen molar-refractivity contribution in [3.05, 3.63) is 59.9 Å². The Labute approximate surface area is 156 Å². The number of nitrogens with zero attached hydrogens (tertiary/aromatic N) is 3. The third kappa shape index (κ3) is 4.81. The Morgan fingerprint density at radius 3 is 2.81 bits per heavy atom. The number of carbonyl (C=O) groups is 3. The Morgan fingerprint density at radius 1 is 1.33 bits per heavy atom. The first kappa shape index (κ1) is 18.4. The van der Waals surface area contributed by atoms with Crippen LogP contribution in [0.25, 0.3) is 6.08 Å². The summed E-state index contributed by atoms with van der Waals surface area (Å²) >= 11 is 0. The largest absolute Gasteiger partial charge is 0.449 e. The van der Waals surface area contributed by atoms with Crippen LogP contribution in [0.3, 0.4) is 0 Å². The molecule has 1 N–H and O–H groups in total. The highest BCUT2D eigenvalue weighted by molar-refractivity contribution is 5.99. The van der Waals surface area contributed by atoms with Gasteiger partial charge in [0, 0.05) is 30.9 Å². The summed E-state index contributed by atoms with van der Waals surface area (Å²) in [5, 5.41) is 6.77. The van der Waals surface area contributed by atoms with Crippen LogP contribution in [-0.4, -0.2) is 51.8 Å². The molecule has 1 fully saturated rings. The Morgan fingerprint density at radius 2 is 2.11 bits per heavy atom. The fourth-order valence-corrected chi connectivity index (χ4v) is 2.65. The van der Waals surface area contributed by atoms with Gasteiger partial charge < -0.3 is 10.1 Å². The average molecular weight is 368 g/mol. The fourth-order valence-electron chi connectivity index (χ4n) is 2.65. The SMILES string of the molecule is C[C@H](OC(=O)/C=C/c1cnn(Cc2ccccc2)c1)C(=O)N1CCNC1=O. The summed E-state index contributed by atoms with van der Waals surface area (Å²) < 4.78 is 6.84. The number of hydrogen-bond acceptors (Lipinski definition) is 5. The molecule has 0 spiro atoms. The summed E-state index contributed by atoms with van der Waals surface area (Å²) in [6.45, 7) is 2.74. The molecule has 140 valence electrons. The molecule has 1 aliphatic heterocycles. The maximum atomic E-state index is 12.1. The van der Waals surface area contributed by atoms with Gasteiger partial charge in [-0.2, -0.15) is 5.10 Å². The van der Waals surface area contributed by atoms with Gasteiger partial charge in [0.15, 0.2) is 6.10 Å². The highest BCUT2D eigenvalue weighted by atomic mass is 16.5. The Kier molecular flexibility index (Phi) is 5.65. The number of benzene rings is 1. The van der Waals surface area contributed by atoms with Crippen molar-refractivity contribution in [2.75, 3.05) is 13.1 Å². The molecule has 0 unspecified atom stereocenters. The van der Waals surface area contributed by atoms with E-state index in [1.807, 2.05) is 30.3 Å². The smallest absolute Gasteiger partial charge is 0.331 e. The zero-order valence-electron chi connectivity index (χ0n) is 14.9. The highest BCUT2D eigenvalue weighted by Crippen LogP contribution is 2.07. The minimum Gasteiger partial charge on any atom is -0.449 e. The minimum absolute atomic E-state index is 0.274. The number of rotatable bonds is 6. The molecule has 3 amide bonds. The maximum absolute atomic E-state index is 12.1. The van der Waals surface area contributed by atoms with Crippen molar-refractivity contribution >= 4 is 24.0 Å². The lowest BCUT2D eigenvalue weighted by Crippen LogP contribution is -2.41. The number of esters is 1. The molecule has 0 aliphatic carbocycles. The van der Waals surface area contributed by atoms with Crippen molar-refractivity contribution in [1.82, 2.24) is 20.0 Å². The first-order valence-corrected chi connectivity index (χ1v) is 8.57. The van der Waals surface area contributed by atoms with Crippen LogP contribution in [-0.2, 0) is 20.9 Å². The number of aromatic nitrogens is 2. The number of ether oxygens (including phenoxy) is 1. The standard InChI is InChI=1S/C19H20N4O4/c1-14(18(25)23-10-9-20-19(23)26)27-17(24)8-7-16-11-21-22(13-16)12-15-5-3-2-4-6-15/h2-8,11,13-14H,9-10,12H2,1H3,(H,20,26)/b8-7+/t14-/m0/s1. The van der Waals surface area contributed by atoms with Crippen LogP contribution in [0.5, 0.6) is 0 Å². The molecule has 1 aliphatic rings. The van der Waals surface area contributed by atoms with E-state index in [2.05, 4.69) is 10.4 Å². The molecule has 2 heterocycles. The zero-order valence-corrected chi connectivity index (χ0v) is 14.9. The number of nitrogens with one attached hydrogen (secondary N) is 1. The van der Waals surface area contributed by atoms with Crippen molar-refractivity contribution in [3.63, 3.8) is 0 Å². The summed E-state index contributed by atoms with van der Waals surface area (Å²) in [5.74, 6) is -1.20. The van der Waals surface area contributed by atoms with Crippen LogP contribution in [0.15, 0.2) is 48.8 Å². The van der Waals surface area contributed by atoms with Gasteiger partial charge in [0.1, 0.15) is 0 Å². The van der Waals surface area contributed by atoms with Gasteiger partial charge in [0.25, 0.3) is 5.91 Å². The molecule has 1 aromatic carbocycles. The van der Waals surface area contributed by atoms with Crippen molar-refractivity contribution in [2.45, 2.75) is 19.6 Å². The predicted octanol–water partition coefficient (Wildman–Crippen LogP) is 1.43. The quantitative estimate of drug-likeness (QED) is 0.615. The lowest BCUT2D eigenvalue weighted by Gasteiger charge is -2.17. The molecule has 1 atom stereocenters. The van der Waals surface area contributed by atoms with Crippen molar-refractivity contribution < 1.29 is 19.1 Å². The van der Waals surface area contributed by atoms with Gasteiger partial charge in [0.05, 0.1) is 12.7 Å². The molecule has 27 heavy (non-hydrogen) atoms. The monoisotopic (exact) mass is 368 g/mol. The number of hydrogen-bond donors (Lipinski definition) is 1. The van der Waals surface area contributed by atoms with Crippen LogP contribution in [0.1, 0.15) is 18.1 Å². The van der Waals surface area contributed by atoms with Crippen LogP contribution in [0, 0.1) is 0 Å². The van der Waals surface area contributed by atoms with E-state index < -0.39 is 24.0 Å². The van der Waals surface area contributed by atoms with Gasteiger partial charge in [-0.1, -0.05) is 30.3 Å². The zero-order chi connectivity index (χ0) is 19.2. The van der Waals surface area contributed by atoms with Crippen molar-refractivity contribution in [1.29, 1.82) is 0 Å². The molecule has 3 rings (SSSR count). The van der Waals surface area contributed by atoms with E-state index in [4.69, 9.17) is 4.74 Å². The van der Waals surface area contributed by atoms with Gasteiger partial charge >= 0.3 is 12.0 Å². The molecule has 0 radical (unpaired) electrons. The van der Waals surface area contributed by atoms with Gasteiger partial charge in [-0.05, 0) is 18.6 Å². The van der Waals surface area contributed by atoms with Gasteiger partial charge in [-0.15, -0.1) is 0 Å². The van der Waals surface area contributed by atoms with Gasteiger partial charge in [0.2, 0.25) is 0 Å². The third-order valence-corrected chi connectivity index (χ3v) is 4.02. The van der Waals surface area contributed by atoms with E-state index in [0.717, 1.165) is 16.0 Å². The molecule has 8 nitrogen and oxygen atoms in total. The van der Waals surface area contributed by atoms with Gasteiger partial charge in [-0.25, -0.2) is 9.59 Å². The summed E-state index contributed by atoms with van der Waals surface area (Å²) in [4.78, 5) is 36.5. The predicted molar refractivity (Wildman–Crippen MR) is 97.5 cm³/mol. The summed E-state index contributed by atoms with van der Waals surface area (Å²) in [6, 6.07) is 9.42. The number of amides is 3. The normalized spacial score (nSPS) is 15.0. The first-order chi connectivity index (χ1) is 13.0. The highest BCUT2D eigenvalue weighted by Gasteiger charge is 2.31. The second kappa shape index (κ2) is 8.31. The molecule has 0 saturated carbocycles. The van der Waals surface area contributed by atoms with Crippen LogP contribution in [0.2, 0.25) is 0 Å². The lowest BCUT2D eigenvalue weighted by atomic mass is 10.2. The van der Waals surface area contributed by atoms with E-state index in [1.165, 1.54) is 13.0 Å². The molecule has 2 aromatic rings. The van der Waals surface area contributed by atoms with Crippen LogP contribution in [0.4, 0.5) is 4.79 Å². The Hall–Kier alpha value is -3.42. The van der Waals surface area contributed by atoms with E-state index in [0.29, 0.717) is 13.1 Å². The third-order valence-electron chi connectivity index (χ3n) is 4.02. The second-order valence-corrected chi connectivity index (χ2v) is 6.09. The summed E-state index contributed by atoms with van der Waals surface area (Å²) in [6.07, 6.45) is 5.20. The first-order valence-electron chi connectivity index (χ1n) is 8.57. The number of imide groups is 1.